The predicted octanol–water partition coefficient (Wildman–Crippen LogP) is 0.674. The van der Waals surface area contributed by atoms with Gasteiger partial charge in [0.1, 0.15) is 18.5 Å². The summed E-state index contributed by atoms with van der Waals surface area (Å²) in [7, 11) is 0. The van der Waals surface area contributed by atoms with E-state index in [0.29, 0.717) is 0 Å². The van der Waals surface area contributed by atoms with E-state index in [0.717, 1.165) is 17.3 Å². The number of rotatable bonds is 1. The van der Waals surface area contributed by atoms with Gasteiger partial charge in [0.05, 0.1) is 0 Å². The fourth-order valence-corrected chi connectivity index (χ4v) is 1.02. The topological polar surface area (TPSA) is 56.5 Å². The van der Waals surface area contributed by atoms with Crippen LogP contribution in [0, 0.1) is 13.8 Å². The minimum Gasteiger partial charge on any atom is -0.242 e. The quantitative estimate of drug-likeness (QED) is 0.639. The van der Waals surface area contributed by atoms with E-state index in [-0.39, 0.29) is 0 Å². The lowest BCUT2D eigenvalue weighted by atomic mass is 10.4. The molecular formula is C8H9N5. The first-order valence-electron chi connectivity index (χ1n) is 3.93. The van der Waals surface area contributed by atoms with Crippen LogP contribution in [0.2, 0.25) is 0 Å². The van der Waals surface area contributed by atoms with Crippen LogP contribution in [0.4, 0.5) is 0 Å². The Morgan fingerprint density at radius 1 is 1.15 bits per heavy atom. The van der Waals surface area contributed by atoms with Gasteiger partial charge in [-0.3, -0.25) is 0 Å². The van der Waals surface area contributed by atoms with Gasteiger partial charge in [0.15, 0.2) is 5.82 Å². The van der Waals surface area contributed by atoms with Crippen LogP contribution in [0.5, 0.6) is 0 Å². The van der Waals surface area contributed by atoms with Crippen molar-refractivity contribution in [2.45, 2.75) is 13.8 Å². The molecule has 0 N–H and O–H groups in total. The first-order chi connectivity index (χ1) is 6.25. The summed E-state index contributed by atoms with van der Waals surface area (Å²) in [4.78, 5) is 12.1. The molecule has 0 aliphatic heterocycles. The Balaban J connectivity index is 2.46. The molecule has 0 saturated carbocycles. The molecule has 66 valence electrons. The number of hydrogen-bond donors (Lipinski definition) is 0. The Hall–Kier alpha value is -1.78. The fraction of sp³-hybridized carbons (Fsp3) is 0.250. The van der Waals surface area contributed by atoms with E-state index in [1.54, 1.807) is 11.0 Å². The first-order valence-corrected chi connectivity index (χ1v) is 3.93. The molecule has 0 aliphatic carbocycles. The predicted molar refractivity (Wildman–Crippen MR) is 46.4 cm³/mol. The minimum atomic E-state index is 0.733. The molecule has 0 unspecified atom stereocenters. The van der Waals surface area contributed by atoms with Crippen LogP contribution < -0.4 is 0 Å². The van der Waals surface area contributed by atoms with E-state index in [9.17, 15) is 0 Å². The number of aryl methyl sites for hydroxylation is 2. The van der Waals surface area contributed by atoms with Crippen molar-refractivity contribution >= 4 is 0 Å². The van der Waals surface area contributed by atoms with E-state index in [4.69, 9.17) is 0 Å². The number of nitrogens with zero attached hydrogens (tertiary/aromatic N) is 5. The molecule has 0 amide bonds. The lowest BCUT2D eigenvalue weighted by Gasteiger charge is -1.98. The SMILES string of the molecule is Cc1cc(-n2cnc(C)n2)ncn1. The lowest BCUT2D eigenvalue weighted by Crippen LogP contribution is -1.99. The summed E-state index contributed by atoms with van der Waals surface area (Å²) in [5.74, 6) is 1.48. The second-order valence-corrected chi connectivity index (χ2v) is 2.75. The van der Waals surface area contributed by atoms with Gasteiger partial charge in [-0.05, 0) is 13.8 Å². The molecule has 0 saturated heterocycles. The van der Waals surface area contributed by atoms with Crippen molar-refractivity contribution in [3.8, 4) is 5.82 Å². The van der Waals surface area contributed by atoms with Crippen molar-refractivity contribution in [3.63, 3.8) is 0 Å². The third-order valence-electron chi connectivity index (χ3n) is 1.63. The number of hydrogen-bond acceptors (Lipinski definition) is 4. The molecule has 0 bridgehead atoms. The van der Waals surface area contributed by atoms with Gasteiger partial charge in [0, 0.05) is 11.8 Å². The van der Waals surface area contributed by atoms with Crippen LogP contribution in [-0.4, -0.2) is 24.7 Å². The highest BCUT2D eigenvalue weighted by atomic mass is 15.4. The molecule has 2 rings (SSSR count). The molecule has 0 spiro atoms. The molecular weight excluding hydrogens is 166 g/mol. The van der Waals surface area contributed by atoms with Crippen molar-refractivity contribution in [2.24, 2.45) is 0 Å². The molecule has 2 heterocycles. The summed E-state index contributed by atoms with van der Waals surface area (Å²) in [6.07, 6.45) is 3.15. The maximum atomic E-state index is 4.14. The molecule has 13 heavy (non-hydrogen) atoms. The fourth-order valence-electron chi connectivity index (χ4n) is 1.02. The van der Waals surface area contributed by atoms with Crippen LogP contribution in [0.15, 0.2) is 18.7 Å². The van der Waals surface area contributed by atoms with Crippen molar-refractivity contribution in [2.75, 3.05) is 0 Å². The zero-order chi connectivity index (χ0) is 9.26. The van der Waals surface area contributed by atoms with Gasteiger partial charge in [-0.1, -0.05) is 0 Å². The molecule has 5 heteroatoms. The third-order valence-corrected chi connectivity index (χ3v) is 1.63. The monoisotopic (exact) mass is 175 g/mol. The lowest BCUT2D eigenvalue weighted by molar-refractivity contribution is 0.822. The highest BCUT2D eigenvalue weighted by molar-refractivity contribution is 5.20. The Morgan fingerprint density at radius 2 is 2.00 bits per heavy atom. The van der Waals surface area contributed by atoms with Crippen LogP contribution in [-0.2, 0) is 0 Å². The van der Waals surface area contributed by atoms with Crippen molar-refractivity contribution < 1.29 is 0 Å². The van der Waals surface area contributed by atoms with Crippen molar-refractivity contribution in [1.82, 2.24) is 24.7 Å². The molecule has 0 aromatic carbocycles. The first kappa shape index (κ1) is 7.85. The van der Waals surface area contributed by atoms with E-state index in [1.165, 1.54) is 6.33 Å². The Labute approximate surface area is 75.5 Å². The normalized spacial score (nSPS) is 10.3. The standard InChI is InChI=1S/C8H9N5/c1-6-3-8(10-4-9-6)13-5-11-7(2)12-13/h3-5H,1-2H3. The Kier molecular flexibility index (Phi) is 1.77. The largest absolute Gasteiger partial charge is 0.242 e. The molecule has 5 nitrogen and oxygen atoms in total. The summed E-state index contributed by atoms with van der Waals surface area (Å²) in [5.41, 5.74) is 0.915. The van der Waals surface area contributed by atoms with Crippen LogP contribution in [0.25, 0.3) is 5.82 Å². The molecule has 0 fully saturated rings. The maximum absolute atomic E-state index is 4.14. The van der Waals surface area contributed by atoms with Crippen LogP contribution >= 0.6 is 0 Å². The Bertz CT molecular complexity index is 420. The van der Waals surface area contributed by atoms with Gasteiger partial charge in [-0.2, -0.15) is 5.10 Å². The van der Waals surface area contributed by atoms with Gasteiger partial charge in [0.25, 0.3) is 0 Å². The minimum absolute atomic E-state index is 0.733. The summed E-state index contributed by atoms with van der Waals surface area (Å²) in [5, 5.41) is 4.14. The number of aromatic nitrogens is 5. The van der Waals surface area contributed by atoms with Gasteiger partial charge >= 0.3 is 0 Å². The van der Waals surface area contributed by atoms with E-state index in [1.807, 2.05) is 19.9 Å². The summed E-state index contributed by atoms with van der Waals surface area (Å²) in [6, 6.07) is 1.86. The average Bonchev–Trinajstić information content (AvgIpc) is 2.52. The smallest absolute Gasteiger partial charge is 0.158 e. The average molecular weight is 175 g/mol. The molecule has 2 aromatic heterocycles. The van der Waals surface area contributed by atoms with Crippen molar-refractivity contribution in [1.29, 1.82) is 0 Å². The van der Waals surface area contributed by atoms with Crippen molar-refractivity contribution in [3.05, 3.63) is 30.2 Å². The molecule has 0 aliphatic rings. The summed E-state index contributed by atoms with van der Waals surface area (Å²) >= 11 is 0. The van der Waals surface area contributed by atoms with Crippen LogP contribution in [0.1, 0.15) is 11.5 Å². The maximum Gasteiger partial charge on any atom is 0.158 e. The van der Waals surface area contributed by atoms with Gasteiger partial charge in [0.2, 0.25) is 0 Å². The second-order valence-electron chi connectivity index (χ2n) is 2.75. The summed E-state index contributed by atoms with van der Waals surface area (Å²) in [6.45, 7) is 3.75. The zero-order valence-electron chi connectivity index (χ0n) is 7.47. The third kappa shape index (κ3) is 1.53. The second kappa shape index (κ2) is 2.93. The van der Waals surface area contributed by atoms with Gasteiger partial charge < -0.3 is 0 Å². The van der Waals surface area contributed by atoms with Crippen LogP contribution in [0.3, 0.4) is 0 Å². The molecule has 0 radical (unpaired) electrons. The molecule has 2 aromatic rings. The van der Waals surface area contributed by atoms with E-state index in [2.05, 4.69) is 20.1 Å². The van der Waals surface area contributed by atoms with Gasteiger partial charge in [-0.25, -0.2) is 19.6 Å². The van der Waals surface area contributed by atoms with Gasteiger partial charge in [-0.15, -0.1) is 0 Å². The van der Waals surface area contributed by atoms with E-state index >= 15 is 0 Å². The zero-order valence-corrected chi connectivity index (χ0v) is 7.47. The summed E-state index contributed by atoms with van der Waals surface area (Å²) < 4.78 is 1.63. The molecule has 0 atom stereocenters. The Morgan fingerprint density at radius 3 is 2.62 bits per heavy atom. The highest BCUT2D eigenvalue weighted by Gasteiger charge is 2.00. The van der Waals surface area contributed by atoms with E-state index < -0.39 is 0 Å². The highest BCUT2D eigenvalue weighted by Crippen LogP contribution is 2.01.